The molecule has 0 aliphatic heterocycles. The molecule has 11 atom stereocenters. The summed E-state index contributed by atoms with van der Waals surface area (Å²) in [4.78, 5) is 11.7. The van der Waals surface area contributed by atoms with Gasteiger partial charge in [-0.15, -0.1) is 0 Å². The molecule has 1 aliphatic carbocycles. The number of aromatic hydroxyl groups is 3. The minimum atomic E-state index is -0.308. The van der Waals surface area contributed by atoms with E-state index < -0.39 is 0 Å². The van der Waals surface area contributed by atoms with Gasteiger partial charge in [0.2, 0.25) is 0 Å². The fourth-order valence-corrected chi connectivity index (χ4v) is 11.9. The molecule has 0 bridgehead atoms. The second-order valence-electron chi connectivity index (χ2n) is 32.4. The third-order valence-electron chi connectivity index (χ3n) is 22.2. The van der Waals surface area contributed by atoms with Gasteiger partial charge in [-0.25, -0.2) is 0 Å². The van der Waals surface area contributed by atoms with Gasteiger partial charge in [0.1, 0.15) is 46.4 Å². The van der Waals surface area contributed by atoms with Gasteiger partial charge in [-0.2, -0.15) is 0 Å². The topological polar surface area (TPSA) is 152 Å². The van der Waals surface area contributed by atoms with E-state index >= 15 is 0 Å². The number of hydrogen-bond donors (Lipinski definition) is 3. The Balaban J connectivity index is -0.0000000718. The zero-order chi connectivity index (χ0) is 89.3. The number of ether oxygens (including phenoxy) is 8. The first-order valence-electron chi connectivity index (χ1n) is 45.3. The maximum absolute atomic E-state index is 11.7. The average Bonchev–Trinajstić information content (AvgIpc) is 0.883. The Bertz CT molecular complexity index is 3430. The summed E-state index contributed by atoms with van der Waals surface area (Å²) in [6.07, 6.45) is 15.9. The van der Waals surface area contributed by atoms with E-state index in [4.69, 9.17) is 53.2 Å². The van der Waals surface area contributed by atoms with Crippen molar-refractivity contribution in [2.45, 2.75) is 489 Å². The molecule has 0 spiro atoms. The van der Waals surface area contributed by atoms with Crippen LogP contribution in [0.25, 0.3) is 0 Å². The van der Waals surface area contributed by atoms with Gasteiger partial charge < -0.3 is 53.2 Å². The molecule has 8 aromatic carbocycles. The van der Waals surface area contributed by atoms with Gasteiger partial charge in [-0.1, -0.05) is 373 Å². The number of phenolic OH excluding ortho intramolecular Hbond substituents is 3. The summed E-state index contributed by atoms with van der Waals surface area (Å²) in [5.74, 6) is 9.54. The summed E-state index contributed by atoms with van der Waals surface area (Å²) >= 11 is 0. The predicted octanol–water partition coefficient (Wildman–Crippen LogP) is 42.5. The Morgan fingerprint density at radius 2 is 0.453 bits per heavy atom. The lowest BCUT2D eigenvalue weighted by atomic mass is 9.90. The molecule has 1 aliphatic rings. The Morgan fingerprint density at radius 1 is 0.270 bits per heavy atom. The molecule has 137 heavy (non-hydrogen) atoms. The molecule has 12 heteroatoms. The number of benzene rings is 8. The van der Waals surface area contributed by atoms with Crippen molar-refractivity contribution in [2.75, 3.05) is 19.8 Å². The van der Waals surface area contributed by atoms with Crippen LogP contribution in [0.5, 0.6) is 40.2 Å². The van der Waals surface area contributed by atoms with Crippen LogP contribution in [0.3, 0.4) is 0 Å². The van der Waals surface area contributed by atoms with Crippen LogP contribution in [0.2, 0.25) is 0 Å². The first kappa shape index (κ1) is 171. The molecule has 808 valence electrons. The van der Waals surface area contributed by atoms with Gasteiger partial charge >= 0.3 is 5.97 Å². The van der Waals surface area contributed by atoms with Crippen molar-refractivity contribution >= 4 is 5.97 Å². The molecule has 0 aromatic heterocycles. The zero-order valence-corrected chi connectivity index (χ0v) is 79.1. The van der Waals surface area contributed by atoms with Crippen molar-refractivity contribution in [3.63, 3.8) is 0 Å². The van der Waals surface area contributed by atoms with Crippen LogP contribution >= 0.6 is 0 Å². The minimum Gasteiger partial charge on any atom is -0.508 e. The van der Waals surface area contributed by atoms with Gasteiger partial charge in [-0.3, -0.25) is 4.79 Å². The van der Waals surface area contributed by atoms with E-state index in [9.17, 15) is 4.79 Å². The molecule has 9 rings (SSSR count). The molecule has 11 unspecified atom stereocenters. The van der Waals surface area contributed by atoms with Gasteiger partial charge in [0.15, 0.2) is 18.9 Å². The Kier molecular flexibility index (Phi) is 126. The van der Waals surface area contributed by atoms with Crippen LogP contribution in [-0.4, -0.2) is 72.2 Å². The van der Waals surface area contributed by atoms with E-state index in [1.807, 2.05) is 149 Å². The minimum absolute atomic E-state index is 0. The lowest BCUT2D eigenvalue weighted by Crippen LogP contribution is -2.31. The average molecular weight is 1930 g/mol. The highest BCUT2D eigenvalue weighted by Crippen LogP contribution is 2.31. The number of carbonyl (C=O) groups is 1. The zero-order valence-electron chi connectivity index (χ0n) is 79.1. The highest BCUT2D eigenvalue weighted by atomic mass is 16.7. The smallest absolute Gasteiger partial charge is 0.311 e. The lowest BCUT2D eigenvalue weighted by molar-refractivity contribution is -0.161. The molecular formula is C125H236O12. The van der Waals surface area contributed by atoms with Gasteiger partial charge in [0, 0.05) is 19.8 Å². The highest BCUT2D eigenvalue weighted by molar-refractivity contribution is 5.76. The fraction of sp³-hybridized carbons (Fsp3) is 0.608. The first-order valence-corrected chi connectivity index (χ1v) is 45.3. The normalized spacial score (nSPS) is 12.4. The fourth-order valence-electron chi connectivity index (χ4n) is 11.9. The number of esters is 1. The van der Waals surface area contributed by atoms with E-state index in [0.717, 1.165) is 80.8 Å². The van der Waals surface area contributed by atoms with E-state index in [1.54, 1.807) is 36.4 Å². The third-order valence-corrected chi connectivity index (χ3v) is 22.2. The monoisotopic (exact) mass is 1930 g/mol. The SMILES string of the molecule is C.C.C.C.C.C.C.C.C.C.C.C.C.C.C.C.C.C.CCC(C)(C)C(=O)OC1CCCCC1.CCC(C)c1ccc(O)cc1.CCC(C)c1ccc(O)cc1.CCC(C)c1ccc(O)cc1.CCC(C)c1ccc(OC(C)C)cc1.CCC(C)c1ccccc1.CCOC(C)Oc1ccc(C(C)CC)cc1.CCOC(C)Oc1ccc(C(C)CC)cc1.CCOC(C)Oc1ccc(C(C)CC)cc1. The van der Waals surface area contributed by atoms with Crippen molar-refractivity contribution in [3.8, 4) is 40.2 Å². The van der Waals surface area contributed by atoms with E-state index in [1.165, 1.54) is 76.6 Å². The molecule has 1 fully saturated rings. The van der Waals surface area contributed by atoms with E-state index in [2.05, 4.69) is 202 Å². The first-order chi connectivity index (χ1) is 56.7. The van der Waals surface area contributed by atoms with Gasteiger partial charge in [-0.05, 0) is 329 Å². The summed E-state index contributed by atoms with van der Waals surface area (Å²) < 4.78 is 43.9. The maximum atomic E-state index is 11.7. The molecule has 1 saturated carbocycles. The molecule has 0 radical (unpaired) electrons. The lowest BCUT2D eigenvalue weighted by Gasteiger charge is -2.27. The predicted molar refractivity (Wildman–Crippen MR) is 625 cm³/mol. The van der Waals surface area contributed by atoms with Crippen LogP contribution in [-0.2, 0) is 23.7 Å². The standard InChI is InChI=1S/3C14H22O2.C13H20O.C12H22O2.3C10H14O.C10H14.18CH4/c3*1-5-11(3)13-7-9-14(10-8-13)16-12(4)15-6-2;1-5-11(4)12-6-8-13(9-7-12)14-10(2)3;1-4-12(2,3)11(13)14-10-8-6-5-7-9-10;3*1-3-8(2)9-4-6-10(11)7-5-9;1-3-9(2)10-7-5-4-6-8-10;;;;;;;;;;;;;;;;;;/h3*7-12H,5-6H2,1-4H3;6-11H,5H2,1-4H3;10H,4-9H2,1-3H3;3*4-8,11H,3H2,1-2H3;4-9H,3H2,1-2H3;18*1H4. The molecular weight excluding hydrogens is 1690 g/mol. The van der Waals surface area contributed by atoms with Gasteiger partial charge in [0.25, 0.3) is 0 Å². The van der Waals surface area contributed by atoms with Crippen molar-refractivity contribution < 1.29 is 58.0 Å². The van der Waals surface area contributed by atoms with Crippen LogP contribution < -0.4 is 18.9 Å². The summed E-state index contributed by atoms with van der Waals surface area (Å²) in [7, 11) is 0. The summed E-state index contributed by atoms with van der Waals surface area (Å²) in [6, 6.07) is 66.2. The Morgan fingerprint density at radius 3 is 0.628 bits per heavy atom. The quantitative estimate of drug-likeness (QED) is 0.0265. The van der Waals surface area contributed by atoms with Crippen LogP contribution in [0, 0.1) is 5.41 Å². The summed E-state index contributed by atoms with van der Waals surface area (Å²) in [5.41, 5.74) is 10.5. The summed E-state index contributed by atoms with van der Waals surface area (Å²) in [5, 5.41) is 27.0. The van der Waals surface area contributed by atoms with Crippen molar-refractivity contribution in [2.24, 2.45) is 5.41 Å². The highest BCUT2D eigenvalue weighted by Gasteiger charge is 2.30. The molecule has 3 N–H and O–H groups in total. The molecule has 0 heterocycles. The van der Waals surface area contributed by atoms with Gasteiger partial charge in [0.05, 0.1) is 11.5 Å². The number of carbonyl (C=O) groups excluding carboxylic acids is 1. The third kappa shape index (κ3) is 75.3. The molecule has 0 amide bonds. The number of rotatable bonds is 33. The second-order valence-corrected chi connectivity index (χ2v) is 32.4. The second kappa shape index (κ2) is 101. The Hall–Kier alpha value is -8.29. The molecule has 8 aromatic rings. The molecule has 12 nitrogen and oxygen atoms in total. The Labute approximate surface area is 858 Å². The van der Waals surface area contributed by atoms with Crippen molar-refractivity contribution in [1.29, 1.82) is 0 Å². The largest absolute Gasteiger partial charge is 0.508 e. The van der Waals surface area contributed by atoms with Crippen molar-refractivity contribution in [1.82, 2.24) is 0 Å². The molecule has 0 saturated heterocycles. The van der Waals surface area contributed by atoms with E-state index in [0.29, 0.717) is 84.4 Å². The van der Waals surface area contributed by atoms with Crippen LogP contribution in [0.15, 0.2) is 200 Å². The van der Waals surface area contributed by atoms with Crippen molar-refractivity contribution in [3.05, 3.63) is 245 Å². The summed E-state index contributed by atoms with van der Waals surface area (Å²) in [6.45, 7) is 59.0. The van der Waals surface area contributed by atoms with E-state index in [-0.39, 0.29) is 176 Å². The maximum Gasteiger partial charge on any atom is 0.311 e. The number of hydrogen-bond acceptors (Lipinski definition) is 12. The number of phenols is 3. The van der Waals surface area contributed by atoms with Crippen LogP contribution in [0.4, 0.5) is 0 Å². The van der Waals surface area contributed by atoms with Crippen LogP contribution in [0.1, 0.15) is 502 Å².